The van der Waals surface area contributed by atoms with Gasteiger partial charge in [0.25, 0.3) is 0 Å². The van der Waals surface area contributed by atoms with Gasteiger partial charge < -0.3 is 15.8 Å². The molecule has 1 rings (SSSR count). The van der Waals surface area contributed by atoms with Crippen LogP contribution in [0.3, 0.4) is 0 Å². The van der Waals surface area contributed by atoms with Gasteiger partial charge >= 0.3 is 6.18 Å². The molecule has 0 spiro atoms. The summed E-state index contributed by atoms with van der Waals surface area (Å²) in [4.78, 5) is 11.5. The first kappa shape index (κ1) is 21.5. The summed E-state index contributed by atoms with van der Waals surface area (Å²) in [7, 11) is 0. The van der Waals surface area contributed by atoms with Gasteiger partial charge in [-0.3, -0.25) is 4.79 Å². The van der Waals surface area contributed by atoms with E-state index in [-0.39, 0.29) is 48.7 Å². The van der Waals surface area contributed by atoms with Crippen LogP contribution in [0.15, 0.2) is 18.2 Å². The topological polar surface area (TPSA) is 64.3 Å². The molecule has 0 aliphatic rings. The number of nitrogens with one attached hydrogen (secondary N) is 1. The van der Waals surface area contributed by atoms with Crippen LogP contribution in [0.1, 0.15) is 37.8 Å². The quantitative estimate of drug-likeness (QED) is 0.790. The molecule has 0 saturated carbocycles. The highest BCUT2D eigenvalue weighted by Crippen LogP contribution is 2.34. The lowest BCUT2D eigenvalue weighted by molar-refractivity contribution is -0.138. The predicted molar refractivity (Wildman–Crippen MR) is 84.6 cm³/mol. The molecule has 23 heavy (non-hydrogen) atoms. The van der Waals surface area contributed by atoms with Gasteiger partial charge in [0.15, 0.2) is 0 Å². The van der Waals surface area contributed by atoms with Crippen molar-refractivity contribution in [2.75, 3.05) is 6.54 Å². The molecule has 0 aromatic heterocycles. The first-order valence-corrected chi connectivity index (χ1v) is 7.07. The van der Waals surface area contributed by atoms with Crippen LogP contribution in [0.5, 0.6) is 5.75 Å². The normalized spacial score (nSPS) is 11.1. The maximum atomic E-state index is 13.1. The van der Waals surface area contributed by atoms with Crippen LogP contribution in [-0.2, 0) is 17.5 Å². The zero-order valence-corrected chi connectivity index (χ0v) is 13.9. The summed E-state index contributed by atoms with van der Waals surface area (Å²) in [5.41, 5.74) is 4.48. The Balaban J connectivity index is 0.00000484. The highest BCUT2D eigenvalue weighted by molar-refractivity contribution is 5.85. The van der Waals surface area contributed by atoms with E-state index in [0.717, 1.165) is 6.07 Å². The molecule has 0 aliphatic carbocycles. The van der Waals surface area contributed by atoms with Gasteiger partial charge in [0, 0.05) is 13.0 Å². The molecule has 0 fully saturated rings. The summed E-state index contributed by atoms with van der Waals surface area (Å²) in [6, 6.07) is 3.75. The number of alkyl halides is 3. The van der Waals surface area contributed by atoms with Crippen molar-refractivity contribution in [1.82, 2.24) is 5.32 Å². The van der Waals surface area contributed by atoms with Crippen molar-refractivity contribution >= 4 is 18.3 Å². The number of carbonyl (C=O) groups is 1. The minimum absolute atomic E-state index is 0. The van der Waals surface area contributed by atoms with Gasteiger partial charge in [-0.15, -0.1) is 12.4 Å². The number of hydrogen-bond acceptors (Lipinski definition) is 3. The first-order valence-electron chi connectivity index (χ1n) is 7.07. The van der Waals surface area contributed by atoms with Crippen molar-refractivity contribution < 1.29 is 22.7 Å². The molecule has 0 aliphatic heterocycles. The monoisotopic (exact) mass is 354 g/mol. The molecule has 0 radical (unpaired) electrons. The number of amides is 1. The van der Waals surface area contributed by atoms with Crippen LogP contribution in [-0.4, -0.2) is 18.6 Å². The highest BCUT2D eigenvalue weighted by Gasteiger charge is 2.33. The van der Waals surface area contributed by atoms with Crippen molar-refractivity contribution in [2.24, 2.45) is 5.73 Å². The minimum Gasteiger partial charge on any atom is -0.491 e. The molecule has 3 N–H and O–H groups in total. The molecule has 0 heterocycles. The van der Waals surface area contributed by atoms with E-state index in [1.54, 1.807) is 13.8 Å². The Morgan fingerprint density at radius 2 is 2.00 bits per heavy atom. The van der Waals surface area contributed by atoms with Crippen molar-refractivity contribution in [1.29, 1.82) is 0 Å². The molecular weight excluding hydrogens is 333 g/mol. The molecular formula is C15H22ClF3N2O2. The molecule has 0 saturated heterocycles. The van der Waals surface area contributed by atoms with E-state index in [2.05, 4.69) is 5.32 Å². The lowest BCUT2D eigenvalue weighted by Crippen LogP contribution is -2.25. The molecule has 4 nitrogen and oxygen atoms in total. The average molecular weight is 355 g/mol. The van der Waals surface area contributed by atoms with Crippen LogP contribution < -0.4 is 15.8 Å². The first-order chi connectivity index (χ1) is 10.2. The third-order valence-electron chi connectivity index (χ3n) is 2.84. The van der Waals surface area contributed by atoms with Gasteiger partial charge in [0.05, 0.1) is 11.7 Å². The Kier molecular flexibility index (Phi) is 9.01. The van der Waals surface area contributed by atoms with Crippen molar-refractivity contribution in [3.05, 3.63) is 29.3 Å². The van der Waals surface area contributed by atoms with E-state index >= 15 is 0 Å². The maximum Gasteiger partial charge on any atom is 0.416 e. The number of rotatable bonds is 7. The van der Waals surface area contributed by atoms with E-state index in [0.29, 0.717) is 13.0 Å². The van der Waals surface area contributed by atoms with Crippen LogP contribution >= 0.6 is 12.4 Å². The summed E-state index contributed by atoms with van der Waals surface area (Å²) in [5.74, 6) is -0.165. The van der Waals surface area contributed by atoms with E-state index in [1.807, 2.05) is 0 Å². The number of halogens is 4. The second kappa shape index (κ2) is 9.62. The molecule has 1 amide bonds. The number of nitrogens with two attached hydrogens (primary N) is 1. The fraction of sp³-hybridized carbons (Fsp3) is 0.533. The fourth-order valence-corrected chi connectivity index (χ4v) is 1.86. The maximum absolute atomic E-state index is 13.1. The van der Waals surface area contributed by atoms with E-state index < -0.39 is 11.7 Å². The lowest BCUT2D eigenvalue weighted by Gasteiger charge is -2.16. The number of benzene rings is 1. The van der Waals surface area contributed by atoms with Crippen LogP contribution in [0.4, 0.5) is 13.2 Å². The zero-order valence-electron chi connectivity index (χ0n) is 13.1. The molecule has 8 heteroatoms. The van der Waals surface area contributed by atoms with Crippen LogP contribution in [0, 0.1) is 0 Å². The molecule has 0 unspecified atom stereocenters. The number of ether oxygens (including phenoxy) is 1. The summed E-state index contributed by atoms with van der Waals surface area (Å²) >= 11 is 0. The van der Waals surface area contributed by atoms with E-state index in [1.165, 1.54) is 12.1 Å². The third-order valence-corrected chi connectivity index (χ3v) is 2.84. The Hall–Kier alpha value is -1.47. The van der Waals surface area contributed by atoms with Crippen molar-refractivity contribution in [2.45, 2.75) is 45.5 Å². The Bertz CT molecular complexity index is 508. The summed E-state index contributed by atoms with van der Waals surface area (Å²) in [6.45, 7) is 3.65. The third kappa shape index (κ3) is 7.56. The molecule has 1 aromatic carbocycles. The molecule has 1 aromatic rings. The second-order valence-electron chi connectivity index (χ2n) is 5.15. The van der Waals surface area contributed by atoms with Gasteiger partial charge in [0.2, 0.25) is 5.91 Å². The Morgan fingerprint density at radius 3 is 2.52 bits per heavy atom. The smallest absolute Gasteiger partial charge is 0.416 e. The average Bonchev–Trinajstić information content (AvgIpc) is 2.42. The van der Waals surface area contributed by atoms with Crippen molar-refractivity contribution in [3.8, 4) is 5.75 Å². The lowest BCUT2D eigenvalue weighted by atomic mass is 10.1. The van der Waals surface area contributed by atoms with E-state index in [9.17, 15) is 18.0 Å². The van der Waals surface area contributed by atoms with E-state index in [4.69, 9.17) is 10.5 Å². The SMILES string of the molecule is CC(C)Oc1ccc(CNC(=O)CCCN)c(C(F)(F)F)c1.Cl. The van der Waals surface area contributed by atoms with Gasteiger partial charge in [-0.25, -0.2) is 0 Å². The molecule has 0 bridgehead atoms. The van der Waals surface area contributed by atoms with Crippen LogP contribution in [0.25, 0.3) is 0 Å². The fourth-order valence-electron chi connectivity index (χ4n) is 1.86. The van der Waals surface area contributed by atoms with Crippen LogP contribution in [0.2, 0.25) is 0 Å². The van der Waals surface area contributed by atoms with Gasteiger partial charge in [-0.05, 0) is 44.5 Å². The highest BCUT2D eigenvalue weighted by atomic mass is 35.5. The largest absolute Gasteiger partial charge is 0.491 e. The van der Waals surface area contributed by atoms with Gasteiger partial charge in [-0.2, -0.15) is 13.2 Å². The Morgan fingerprint density at radius 1 is 1.35 bits per heavy atom. The predicted octanol–water partition coefficient (Wildman–Crippen LogP) is 3.27. The minimum atomic E-state index is -4.51. The van der Waals surface area contributed by atoms with Crippen molar-refractivity contribution in [3.63, 3.8) is 0 Å². The Labute approximate surface area is 140 Å². The number of carbonyl (C=O) groups excluding carboxylic acids is 1. The standard InChI is InChI=1S/C15H21F3N2O2.ClH/c1-10(2)22-12-6-5-11(13(8-12)15(16,17)18)9-20-14(21)4-3-7-19;/h5-6,8,10H,3-4,7,9,19H2,1-2H3,(H,20,21);1H. The van der Waals surface area contributed by atoms with Gasteiger partial charge in [-0.1, -0.05) is 6.07 Å². The zero-order chi connectivity index (χ0) is 16.8. The summed E-state index contributed by atoms with van der Waals surface area (Å²) < 4.78 is 44.6. The second-order valence-corrected chi connectivity index (χ2v) is 5.15. The number of hydrogen-bond donors (Lipinski definition) is 2. The summed E-state index contributed by atoms with van der Waals surface area (Å²) in [6.07, 6.45) is -4.03. The van der Waals surface area contributed by atoms with Gasteiger partial charge in [0.1, 0.15) is 5.75 Å². The molecule has 0 atom stereocenters. The molecule has 132 valence electrons. The summed E-state index contributed by atoms with van der Waals surface area (Å²) in [5, 5.41) is 2.47.